The molecule has 8 heteroatoms. The molecule has 0 radical (unpaired) electrons. The van der Waals surface area contributed by atoms with Crippen molar-refractivity contribution in [2.75, 3.05) is 33.4 Å². The number of hydrogen-bond acceptors (Lipinski definition) is 6. The van der Waals surface area contributed by atoms with Gasteiger partial charge in [0.1, 0.15) is 16.4 Å². The second kappa shape index (κ2) is 8.94. The monoisotopic (exact) mass is 419 g/mol. The van der Waals surface area contributed by atoms with Crippen molar-refractivity contribution in [3.63, 3.8) is 0 Å². The van der Waals surface area contributed by atoms with Gasteiger partial charge in [0, 0.05) is 13.1 Å². The lowest BCUT2D eigenvalue weighted by Crippen LogP contribution is -2.40. The smallest absolute Gasteiger partial charge is 0.315 e. The molecule has 0 amide bonds. The molecule has 0 bridgehead atoms. The molecule has 1 aliphatic heterocycles. The summed E-state index contributed by atoms with van der Waals surface area (Å²) >= 11 is 0. The average Bonchev–Trinajstić information content (AvgIpc) is 2.71. The maximum absolute atomic E-state index is 13.0. The zero-order valence-corrected chi connectivity index (χ0v) is 17.6. The van der Waals surface area contributed by atoms with Crippen LogP contribution in [0.15, 0.2) is 41.3 Å². The SMILES string of the molecule is COc1ccc(CC(=O)Oc2ccc(C)c(C)c2)cc1S(=O)(=O)N1CCOCC1. The van der Waals surface area contributed by atoms with Crippen LogP contribution in [0.25, 0.3) is 0 Å². The molecule has 0 aromatic heterocycles. The number of nitrogens with zero attached hydrogens (tertiary/aromatic N) is 1. The predicted octanol–water partition coefficient (Wildman–Crippen LogP) is 2.48. The number of morpholine rings is 1. The normalized spacial score (nSPS) is 15.1. The lowest BCUT2D eigenvalue weighted by atomic mass is 10.1. The average molecular weight is 419 g/mol. The van der Waals surface area contributed by atoms with Crippen molar-refractivity contribution in [2.24, 2.45) is 0 Å². The van der Waals surface area contributed by atoms with Crippen LogP contribution >= 0.6 is 0 Å². The highest BCUT2D eigenvalue weighted by Gasteiger charge is 2.29. The van der Waals surface area contributed by atoms with Gasteiger partial charge in [-0.3, -0.25) is 4.79 Å². The van der Waals surface area contributed by atoms with E-state index >= 15 is 0 Å². The molecule has 0 spiro atoms. The molecule has 3 rings (SSSR count). The van der Waals surface area contributed by atoms with E-state index in [1.54, 1.807) is 24.3 Å². The Kier molecular flexibility index (Phi) is 6.56. The number of carbonyl (C=O) groups excluding carboxylic acids is 1. The molecular formula is C21H25NO6S. The van der Waals surface area contributed by atoms with Crippen LogP contribution in [0.3, 0.4) is 0 Å². The van der Waals surface area contributed by atoms with E-state index in [0.717, 1.165) is 11.1 Å². The molecule has 0 saturated carbocycles. The summed E-state index contributed by atoms with van der Waals surface area (Å²) in [6, 6.07) is 10.1. The lowest BCUT2D eigenvalue weighted by molar-refractivity contribution is -0.133. The molecule has 2 aromatic rings. The minimum Gasteiger partial charge on any atom is -0.495 e. The molecule has 7 nitrogen and oxygen atoms in total. The quantitative estimate of drug-likeness (QED) is 0.529. The molecular weight excluding hydrogens is 394 g/mol. The number of benzene rings is 2. The largest absolute Gasteiger partial charge is 0.495 e. The number of esters is 1. The van der Waals surface area contributed by atoms with E-state index < -0.39 is 16.0 Å². The van der Waals surface area contributed by atoms with E-state index in [1.165, 1.54) is 17.5 Å². The van der Waals surface area contributed by atoms with Crippen LogP contribution in [0.4, 0.5) is 0 Å². The Morgan fingerprint density at radius 1 is 1.07 bits per heavy atom. The molecule has 0 unspecified atom stereocenters. The van der Waals surface area contributed by atoms with Gasteiger partial charge in [-0.25, -0.2) is 8.42 Å². The minimum absolute atomic E-state index is 0.0402. The second-order valence-electron chi connectivity index (χ2n) is 6.90. The van der Waals surface area contributed by atoms with Gasteiger partial charge in [-0.1, -0.05) is 12.1 Å². The van der Waals surface area contributed by atoms with Crippen LogP contribution < -0.4 is 9.47 Å². The Bertz CT molecular complexity index is 996. The first kappa shape index (κ1) is 21.3. The van der Waals surface area contributed by atoms with Crippen molar-refractivity contribution < 1.29 is 27.4 Å². The maximum atomic E-state index is 13.0. The zero-order valence-electron chi connectivity index (χ0n) is 16.8. The summed E-state index contributed by atoms with van der Waals surface area (Å²) in [5.41, 5.74) is 2.67. The molecule has 0 aliphatic carbocycles. The second-order valence-corrected chi connectivity index (χ2v) is 8.80. The number of rotatable bonds is 6. The van der Waals surface area contributed by atoms with Crippen LogP contribution in [0.1, 0.15) is 16.7 Å². The third-order valence-electron chi connectivity index (χ3n) is 4.87. The molecule has 1 fully saturated rings. The van der Waals surface area contributed by atoms with Crippen molar-refractivity contribution in [1.82, 2.24) is 4.31 Å². The maximum Gasteiger partial charge on any atom is 0.315 e. The summed E-state index contributed by atoms with van der Waals surface area (Å²) in [5.74, 6) is 0.240. The zero-order chi connectivity index (χ0) is 21.0. The van der Waals surface area contributed by atoms with Crippen LogP contribution in [0.5, 0.6) is 11.5 Å². The Morgan fingerprint density at radius 2 is 1.79 bits per heavy atom. The molecule has 1 saturated heterocycles. The fourth-order valence-corrected chi connectivity index (χ4v) is 4.68. The van der Waals surface area contributed by atoms with Gasteiger partial charge in [-0.2, -0.15) is 4.31 Å². The van der Waals surface area contributed by atoms with E-state index in [1.807, 2.05) is 19.9 Å². The number of sulfonamides is 1. The first-order valence-electron chi connectivity index (χ1n) is 9.34. The summed E-state index contributed by atoms with van der Waals surface area (Å²) in [5, 5.41) is 0. The highest BCUT2D eigenvalue weighted by atomic mass is 32.2. The molecule has 1 heterocycles. The lowest BCUT2D eigenvalue weighted by Gasteiger charge is -2.26. The Labute approximate surface area is 171 Å². The summed E-state index contributed by atoms with van der Waals surface area (Å²) in [7, 11) is -2.34. The van der Waals surface area contributed by atoms with E-state index in [-0.39, 0.29) is 30.2 Å². The van der Waals surface area contributed by atoms with Gasteiger partial charge >= 0.3 is 5.97 Å². The van der Waals surface area contributed by atoms with Crippen LogP contribution in [0.2, 0.25) is 0 Å². The first-order chi connectivity index (χ1) is 13.8. The van der Waals surface area contributed by atoms with Gasteiger partial charge in [0.25, 0.3) is 0 Å². The standard InChI is InChI=1S/C21H25NO6S/c1-15-4-6-18(12-16(15)2)28-21(23)14-17-5-7-19(26-3)20(13-17)29(24,25)22-8-10-27-11-9-22/h4-7,12-13H,8-11,14H2,1-3H3. The minimum atomic E-state index is -3.76. The predicted molar refractivity (Wildman–Crippen MR) is 108 cm³/mol. The van der Waals surface area contributed by atoms with Gasteiger partial charge in [-0.15, -0.1) is 0 Å². The van der Waals surface area contributed by atoms with Gasteiger partial charge in [0.05, 0.1) is 26.7 Å². The fourth-order valence-electron chi connectivity index (χ4n) is 3.07. The number of carbonyl (C=O) groups is 1. The molecule has 1 aliphatic rings. The Morgan fingerprint density at radius 3 is 2.45 bits per heavy atom. The topological polar surface area (TPSA) is 82.1 Å². The van der Waals surface area contributed by atoms with Crippen molar-refractivity contribution >= 4 is 16.0 Å². The van der Waals surface area contributed by atoms with Crippen LogP contribution in [0, 0.1) is 13.8 Å². The van der Waals surface area contributed by atoms with Crippen molar-refractivity contribution in [3.8, 4) is 11.5 Å². The van der Waals surface area contributed by atoms with Crippen molar-refractivity contribution in [1.29, 1.82) is 0 Å². The Balaban J connectivity index is 1.80. The van der Waals surface area contributed by atoms with Gasteiger partial charge < -0.3 is 14.2 Å². The van der Waals surface area contributed by atoms with E-state index in [9.17, 15) is 13.2 Å². The Hall–Kier alpha value is -2.42. The van der Waals surface area contributed by atoms with Crippen molar-refractivity contribution in [2.45, 2.75) is 25.2 Å². The number of ether oxygens (including phenoxy) is 3. The van der Waals surface area contributed by atoms with Crippen LogP contribution in [-0.4, -0.2) is 52.1 Å². The van der Waals surface area contributed by atoms with E-state index in [2.05, 4.69) is 0 Å². The number of hydrogen-bond donors (Lipinski definition) is 0. The molecule has 0 atom stereocenters. The molecule has 29 heavy (non-hydrogen) atoms. The molecule has 156 valence electrons. The fraction of sp³-hybridized carbons (Fsp3) is 0.381. The summed E-state index contributed by atoms with van der Waals surface area (Å²) in [6.07, 6.45) is -0.0530. The third kappa shape index (κ3) is 4.95. The highest BCUT2D eigenvalue weighted by Crippen LogP contribution is 2.29. The van der Waals surface area contributed by atoms with Crippen LogP contribution in [-0.2, 0) is 26.0 Å². The summed E-state index contributed by atoms with van der Waals surface area (Å²) < 4.78 is 43.3. The van der Waals surface area contributed by atoms with Crippen molar-refractivity contribution in [3.05, 3.63) is 53.1 Å². The third-order valence-corrected chi connectivity index (χ3v) is 6.79. The molecule has 0 N–H and O–H groups in total. The van der Waals surface area contributed by atoms with E-state index in [0.29, 0.717) is 24.5 Å². The van der Waals surface area contributed by atoms with Gasteiger partial charge in [-0.05, 0) is 54.8 Å². The van der Waals surface area contributed by atoms with Gasteiger partial charge in [0.2, 0.25) is 10.0 Å². The van der Waals surface area contributed by atoms with Gasteiger partial charge in [0.15, 0.2) is 0 Å². The highest BCUT2D eigenvalue weighted by molar-refractivity contribution is 7.89. The summed E-state index contributed by atoms with van der Waals surface area (Å²) in [4.78, 5) is 12.4. The first-order valence-corrected chi connectivity index (χ1v) is 10.8. The molecule has 2 aromatic carbocycles. The summed E-state index contributed by atoms with van der Waals surface area (Å²) in [6.45, 7) is 5.19. The number of aryl methyl sites for hydroxylation is 2. The number of methoxy groups -OCH3 is 1. The van der Waals surface area contributed by atoms with E-state index in [4.69, 9.17) is 14.2 Å².